The molecule has 4 rings (SSSR count). The maximum atomic E-state index is 13.2. The van der Waals surface area contributed by atoms with Crippen LogP contribution in [0.3, 0.4) is 0 Å². The summed E-state index contributed by atoms with van der Waals surface area (Å²) in [5.74, 6) is 0.788. The number of carbonyl (C=O) groups is 2. The van der Waals surface area contributed by atoms with Crippen molar-refractivity contribution in [1.82, 2.24) is 9.47 Å². The molecule has 4 heteroatoms. The third-order valence-corrected chi connectivity index (χ3v) is 6.44. The van der Waals surface area contributed by atoms with E-state index in [4.69, 9.17) is 0 Å². The first-order valence-corrected chi connectivity index (χ1v) is 11.1. The number of piperidine rings is 1. The van der Waals surface area contributed by atoms with E-state index in [1.807, 2.05) is 52.8 Å². The Hall–Kier alpha value is -3.14. The third-order valence-electron chi connectivity index (χ3n) is 6.44. The average Bonchev–Trinajstić information content (AvgIpc) is 3.12. The minimum atomic E-state index is 0.0302. The standard InChI is InChI=1S/C27H30N2O2/c1-20-25(21(2)30)18-26(24-11-7-4-8-12-24)29(20)19-27(31)28-15-13-23(14-16-28)17-22-9-5-3-6-10-22/h3-12,18,23H,13-17,19H2,1-2H3. The van der Waals surface area contributed by atoms with E-state index < -0.39 is 0 Å². The smallest absolute Gasteiger partial charge is 0.242 e. The first-order valence-electron chi connectivity index (χ1n) is 11.1. The molecule has 3 aromatic rings. The number of amides is 1. The Morgan fingerprint density at radius 1 is 0.935 bits per heavy atom. The number of ketones is 1. The molecule has 1 fully saturated rings. The van der Waals surface area contributed by atoms with E-state index in [0.717, 1.165) is 49.3 Å². The number of Topliss-reactive ketones (excluding diaryl/α,β-unsaturated/α-hetero) is 1. The lowest BCUT2D eigenvalue weighted by Crippen LogP contribution is -2.40. The monoisotopic (exact) mass is 414 g/mol. The van der Waals surface area contributed by atoms with Crippen molar-refractivity contribution in [2.24, 2.45) is 5.92 Å². The van der Waals surface area contributed by atoms with E-state index in [0.29, 0.717) is 11.5 Å². The van der Waals surface area contributed by atoms with Gasteiger partial charge >= 0.3 is 0 Å². The summed E-state index contributed by atoms with van der Waals surface area (Å²) in [6.07, 6.45) is 3.16. The van der Waals surface area contributed by atoms with Crippen LogP contribution in [0.2, 0.25) is 0 Å². The van der Waals surface area contributed by atoms with Crippen molar-refractivity contribution in [2.75, 3.05) is 13.1 Å². The van der Waals surface area contributed by atoms with Crippen molar-refractivity contribution in [3.8, 4) is 11.3 Å². The number of aromatic nitrogens is 1. The van der Waals surface area contributed by atoms with Crippen LogP contribution in [0.4, 0.5) is 0 Å². The molecule has 0 spiro atoms. The van der Waals surface area contributed by atoms with Crippen LogP contribution in [-0.2, 0) is 17.8 Å². The first kappa shape index (κ1) is 21.1. The molecule has 2 aromatic carbocycles. The number of carbonyl (C=O) groups excluding carboxylic acids is 2. The summed E-state index contributed by atoms with van der Waals surface area (Å²) in [6, 6.07) is 22.5. The van der Waals surface area contributed by atoms with Gasteiger partial charge in [-0.1, -0.05) is 60.7 Å². The summed E-state index contributed by atoms with van der Waals surface area (Å²) in [4.78, 5) is 27.3. The van der Waals surface area contributed by atoms with Gasteiger partial charge in [-0.3, -0.25) is 9.59 Å². The largest absolute Gasteiger partial charge is 0.341 e. The Balaban J connectivity index is 1.46. The molecule has 0 unspecified atom stereocenters. The number of hydrogen-bond acceptors (Lipinski definition) is 2. The van der Waals surface area contributed by atoms with E-state index in [9.17, 15) is 9.59 Å². The van der Waals surface area contributed by atoms with Crippen molar-refractivity contribution in [3.63, 3.8) is 0 Å². The summed E-state index contributed by atoms with van der Waals surface area (Å²) in [6.45, 7) is 5.39. The van der Waals surface area contributed by atoms with Crippen LogP contribution in [0.5, 0.6) is 0 Å². The quantitative estimate of drug-likeness (QED) is 0.524. The van der Waals surface area contributed by atoms with Crippen molar-refractivity contribution in [3.05, 3.63) is 83.6 Å². The summed E-state index contributed by atoms with van der Waals surface area (Å²) < 4.78 is 2.00. The minimum Gasteiger partial charge on any atom is -0.341 e. The molecule has 31 heavy (non-hydrogen) atoms. The van der Waals surface area contributed by atoms with Crippen LogP contribution >= 0.6 is 0 Å². The number of likely N-dealkylation sites (tertiary alicyclic amines) is 1. The summed E-state index contributed by atoms with van der Waals surface area (Å²) in [5.41, 5.74) is 4.87. The fourth-order valence-corrected chi connectivity index (χ4v) is 4.62. The molecule has 0 bridgehead atoms. The molecule has 0 saturated carbocycles. The van der Waals surface area contributed by atoms with Gasteiger partial charge in [-0.2, -0.15) is 0 Å². The molecule has 0 aliphatic carbocycles. The molecule has 1 aromatic heterocycles. The van der Waals surface area contributed by atoms with E-state index in [1.165, 1.54) is 5.56 Å². The van der Waals surface area contributed by atoms with Gasteiger partial charge in [0.25, 0.3) is 0 Å². The number of nitrogens with zero attached hydrogens (tertiary/aromatic N) is 2. The first-order chi connectivity index (χ1) is 15.0. The Kier molecular flexibility index (Phi) is 6.36. The normalized spacial score (nSPS) is 14.6. The zero-order valence-corrected chi connectivity index (χ0v) is 18.4. The number of rotatable bonds is 6. The van der Waals surface area contributed by atoms with Crippen molar-refractivity contribution in [1.29, 1.82) is 0 Å². The number of hydrogen-bond donors (Lipinski definition) is 0. The van der Waals surface area contributed by atoms with E-state index >= 15 is 0 Å². The average molecular weight is 415 g/mol. The van der Waals surface area contributed by atoms with E-state index in [2.05, 4.69) is 30.3 Å². The fourth-order valence-electron chi connectivity index (χ4n) is 4.62. The fraction of sp³-hybridized carbons (Fsp3) is 0.333. The highest BCUT2D eigenvalue weighted by atomic mass is 16.2. The van der Waals surface area contributed by atoms with Crippen molar-refractivity contribution in [2.45, 2.75) is 39.7 Å². The zero-order valence-electron chi connectivity index (χ0n) is 18.4. The summed E-state index contributed by atoms with van der Waals surface area (Å²) >= 11 is 0. The van der Waals surface area contributed by atoms with E-state index in [-0.39, 0.29) is 18.2 Å². The minimum absolute atomic E-state index is 0.0302. The maximum absolute atomic E-state index is 13.2. The zero-order chi connectivity index (χ0) is 21.8. The van der Waals surface area contributed by atoms with Crippen LogP contribution in [0.1, 0.15) is 41.4 Å². The molecule has 2 heterocycles. The third kappa shape index (κ3) is 4.79. The van der Waals surface area contributed by atoms with Gasteiger partial charge in [0.15, 0.2) is 5.78 Å². The van der Waals surface area contributed by atoms with Gasteiger partial charge in [0.1, 0.15) is 6.54 Å². The number of benzene rings is 2. The van der Waals surface area contributed by atoms with Gasteiger partial charge in [0.2, 0.25) is 5.91 Å². The maximum Gasteiger partial charge on any atom is 0.242 e. The SMILES string of the molecule is CC(=O)c1cc(-c2ccccc2)n(CC(=O)N2CCC(Cc3ccccc3)CC2)c1C. The van der Waals surface area contributed by atoms with Crippen LogP contribution < -0.4 is 0 Å². The van der Waals surface area contributed by atoms with Gasteiger partial charge in [-0.05, 0) is 56.2 Å². The van der Waals surface area contributed by atoms with Crippen LogP contribution in [-0.4, -0.2) is 34.2 Å². The van der Waals surface area contributed by atoms with Gasteiger partial charge in [0.05, 0.1) is 0 Å². The lowest BCUT2D eigenvalue weighted by atomic mass is 9.90. The van der Waals surface area contributed by atoms with Gasteiger partial charge in [-0.15, -0.1) is 0 Å². The Bertz CT molecular complexity index is 1050. The molecule has 1 amide bonds. The molecular formula is C27H30N2O2. The summed E-state index contributed by atoms with van der Waals surface area (Å²) in [5, 5.41) is 0. The van der Waals surface area contributed by atoms with Crippen LogP contribution in [0, 0.1) is 12.8 Å². The molecule has 0 atom stereocenters. The second-order valence-electron chi connectivity index (χ2n) is 8.55. The molecule has 4 nitrogen and oxygen atoms in total. The van der Waals surface area contributed by atoms with Crippen LogP contribution in [0.25, 0.3) is 11.3 Å². The van der Waals surface area contributed by atoms with Crippen molar-refractivity contribution < 1.29 is 9.59 Å². The Labute approximate surface area is 184 Å². The molecule has 0 N–H and O–H groups in total. The predicted molar refractivity (Wildman–Crippen MR) is 124 cm³/mol. The highest BCUT2D eigenvalue weighted by molar-refractivity contribution is 5.97. The Morgan fingerprint density at radius 2 is 1.55 bits per heavy atom. The van der Waals surface area contributed by atoms with Gasteiger partial charge in [0, 0.05) is 30.0 Å². The molecule has 160 valence electrons. The molecule has 1 aliphatic rings. The van der Waals surface area contributed by atoms with Gasteiger partial charge in [-0.25, -0.2) is 0 Å². The van der Waals surface area contributed by atoms with Crippen LogP contribution in [0.15, 0.2) is 66.7 Å². The Morgan fingerprint density at radius 3 is 2.16 bits per heavy atom. The highest BCUT2D eigenvalue weighted by Gasteiger charge is 2.25. The predicted octanol–water partition coefficient (Wildman–Crippen LogP) is 5.15. The second kappa shape index (κ2) is 9.34. The lowest BCUT2D eigenvalue weighted by molar-refractivity contribution is -0.133. The topological polar surface area (TPSA) is 42.3 Å². The van der Waals surface area contributed by atoms with Gasteiger partial charge < -0.3 is 9.47 Å². The van der Waals surface area contributed by atoms with Crippen molar-refractivity contribution >= 4 is 11.7 Å². The lowest BCUT2D eigenvalue weighted by Gasteiger charge is -2.32. The summed E-state index contributed by atoms with van der Waals surface area (Å²) in [7, 11) is 0. The highest BCUT2D eigenvalue weighted by Crippen LogP contribution is 2.27. The molecular weight excluding hydrogens is 384 g/mol. The van der Waals surface area contributed by atoms with E-state index in [1.54, 1.807) is 6.92 Å². The second-order valence-corrected chi connectivity index (χ2v) is 8.55. The molecule has 1 saturated heterocycles. The molecule has 0 radical (unpaired) electrons. The molecule has 1 aliphatic heterocycles.